The lowest BCUT2D eigenvalue weighted by Gasteiger charge is -2.33. The molecule has 0 radical (unpaired) electrons. The summed E-state index contributed by atoms with van der Waals surface area (Å²) in [6.45, 7) is 9.67. The van der Waals surface area contributed by atoms with E-state index >= 15 is 0 Å². The topological polar surface area (TPSA) is 122 Å². The molecule has 4 aromatic carbocycles. The van der Waals surface area contributed by atoms with Crippen LogP contribution in [0.1, 0.15) is 81.0 Å². The predicted octanol–water partition coefficient (Wildman–Crippen LogP) is 6.54. The first-order valence-electron chi connectivity index (χ1n) is 17.2. The van der Waals surface area contributed by atoms with Crippen molar-refractivity contribution in [1.82, 2.24) is 9.80 Å². The number of nitrogens with one attached hydrogen (secondary N) is 1. The zero-order valence-corrected chi connectivity index (χ0v) is 31.0. The minimum absolute atomic E-state index is 0.0201. The summed E-state index contributed by atoms with van der Waals surface area (Å²) in [5.74, 6) is -2.55. The van der Waals surface area contributed by atoms with Crippen molar-refractivity contribution in [3.05, 3.63) is 124 Å². The lowest BCUT2D eigenvalue weighted by atomic mass is 9.86. The summed E-state index contributed by atoms with van der Waals surface area (Å²) in [5, 5.41) is 2.93. The zero-order valence-electron chi connectivity index (χ0n) is 31.0. The minimum atomic E-state index is -1.65. The molecule has 1 N–H and O–H groups in total. The number of nitrogens with zero attached hydrogens (tertiary/aromatic N) is 2. The van der Waals surface area contributed by atoms with E-state index in [9.17, 15) is 24.0 Å². The summed E-state index contributed by atoms with van der Waals surface area (Å²) in [6.07, 6.45) is -0.243. The van der Waals surface area contributed by atoms with E-state index in [2.05, 4.69) is 38.2 Å². The number of amides is 3. The maximum atomic E-state index is 13.9. The third kappa shape index (κ3) is 7.32. The van der Waals surface area contributed by atoms with Gasteiger partial charge in [0.05, 0.1) is 24.3 Å². The number of hydrogen-bond donors (Lipinski definition) is 1. The van der Waals surface area contributed by atoms with E-state index in [1.807, 2.05) is 31.2 Å². The highest BCUT2D eigenvalue weighted by atomic mass is 16.6. The third-order valence-corrected chi connectivity index (χ3v) is 9.33. The molecule has 4 aromatic rings. The molecule has 0 spiro atoms. The van der Waals surface area contributed by atoms with E-state index in [4.69, 9.17) is 9.47 Å². The summed E-state index contributed by atoms with van der Waals surface area (Å²) >= 11 is 0. The Labute approximate surface area is 304 Å². The first-order valence-corrected chi connectivity index (χ1v) is 17.2. The maximum absolute atomic E-state index is 13.9. The zero-order chi connectivity index (χ0) is 38.0. The van der Waals surface area contributed by atoms with Gasteiger partial charge < -0.3 is 24.6 Å². The Morgan fingerprint density at radius 2 is 1.54 bits per heavy atom. The van der Waals surface area contributed by atoms with Crippen LogP contribution >= 0.6 is 0 Å². The van der Waals surface area contributed by atoms with Crippen LogP contribution in [0.4, 0.5) is 5.69 Å². The average molecular weight is 704 g/mol. The Hall–Kier alpha value is -5.77. The number of anilines is 1. The first-order chi connectivity index (χ1) is 24.6. The quantitative estimate of drug-likeness (QED) is 0.186. The molecular weight excluding hydrogens is 658 g/mol. The normalized spacial score (nSPS) is 15.2. The van der Waals surface area contributed by atoms with Crippen molar-refractivity contribution in [1.29, 1.82) is 0 Å². The van der Waals surface area contributed by atoms with Gasteiger partial charge in [-0.15, -0.1) is 0 Å². The third-order valence-electron chi connectivity index (χ3n) is 9.33. The standard InChI is InChI=1S/C42H45N3O7/c1-9-51-40(50)42(34-13-11-10-12-31(34)39(49)45(42)8)25-52-36(46)24-27-15-21-35(33(23-27)38(48)44(6)7)43-37(47)30-20-14-26(2)22-32(30)28-16-18-29(19-17-28)41(3,4)5/h10-23H,9,24-25H2,1-8H3,(H,43,47). The fourth-order valence-electron chi connectivity index (χ4n) is 6.36. The highest BCUT2D eigenvalue weighted by molar-refractivity contribution is 6.12. The molecule has 0 bridgehead atoms. The van der Waals surface area contributed by atoms with E-state index < -0.39 is 30.0 Å². The van der Waals surface area contributed by atoms with E-state index in [-0.39, 0.29) is 41.5 Å². The van der Waals surface area contributed by atoms with Crippen molar-refractivity contribution in [2.24, 2.45) is 0 Å². The van der Waals surface area contributed by atoms with E-state index in [0.29, 0.717) is 22.3 Å². The fourth-order valence-corrected chi connectivity index (χ4v) is 6.36. The van der Waals surface area contributed by atoms with Crippen LogP contribution in [-0.2, 0) is 36.4 Å². The number of carbonyl (C=O) groups excluding carboxylic acids is 5. The molecule has 1 atom stereocenters. The molecular formula is C42H45N3O7. The number of likely N-dealkylation sites (N-methyl/N-ethyl adjacent to an activating group) is 1. The highest BCUT2D eigenvalue weighted by Crippen LogP contribution is 2.40. The highest BCUT2D eigenvalue weighted by Gasteiger charge is 2.55. The molecule has 270 valence electrons. The molecule has 0 aromatic heterocycles. The molecule has 1 aliphatic rings. The predicted molar refractivity (Wildman–Crippen MR) is 199 cm³/mol. The number of ether oxygens (including phenoxy) is 2. The van der Waals surface area contributed by atoms with Crippen LogP contribution < -0.4 is 5.32 Å². The second-order valence-electron chi connectivity index (χ2n) is 14.2. The van der Waals surface area contributed by atoms with Crippen LogP contribution in [0.15, 0.2) is 84.9 Å². The van der Waals surface area contributed by atoms with Crippen LogP contribution in [0, 0.1) is 6.92 Å². The fraction of sp³-hybridized carbons (Fsp3) is 0.310. The van der Waals surface area contributed by atoms with Gasteiger partial charge in [0.15, 0.2) is 0 Å². The monoisotopic (exact) mass is 703 g/mol. The van der Waals surface area contributed by atoms with Crippen LogP contribution in [0.2, 0.25) is 0 Å². The summed E-state index contributed by atoms with van der Waals surface area (Å²) in [7, 11) is 4.67. The summed E-state index contributed by atoms with van der Waals surface area (Å²) in [4.78, 5) is 69.6. The van der Waals surface area contributed by atoms with Gasteiger partial charge >= 0.3 is 11.9 Å². The van der Waals surface area contributed by atoms with Gasteiger partial charge in [-0.3, -0.25) is 19.2 Å². The Bertz CT molecular complexity index is 2050. The molecule has 0 fully saturated rings. The van der Waals surface area contributed by atoms with Crippen LogP contribution in [-0.4, -0.2) is 73.8 Å². The number of aryl methyl sites for hydroxylation is 1. The minimum Gasteiger partial charge on any atom is -0.464 e. The van der Waals surface area contributed by atoms with Crippen LogP contribution in [0.3, 0.4) is 0 Å². The van der Waals surface area contributed by atoms with Gasteiger partial charge in [-0.2, -0.15) is 0 Å². The largest absolute Gasteiger partial charge is 0.464 e. The van der Waals surface area contributed by atoms with Crippen molar-refractivity contribution in [3.63, 3.8) is 0 Å². The summed E-state index contributed by atoms with van der Waals surface area (Å²) in [5.41, 5.74) is 4.23. The number of hydrogen-bond acceptors (Lipinski definition) is 7. The van der Waals surface area contributed by atoms with Gasteiger partial charge in [0.2, 0.25) is 5.54 Å². The van der Waals surface area contributed by atoms with Gasteiger partial charge in [0.25, 0.3) is 17.7 Å². The molecule has 1 aliphatic heterocycles. The number of benzene rings is 4. The Morgan fingerprint density at radius 1 is 0.846 bits per heavy atom. The van der Waals surface area contributed by atoms with Gasteiger partial charge in [-0.1, -0.05) is 87.0 Å². The molecule has 1 heterocycles. The molecule has 0 aliphatic carbocycles. The SMILES string of the molecule is CCOC(=O)C1(COC(=O)Cc2ccc(NC(=O)c3ccc(C)cc3-c3ccc(C(C)(C)C)cc3)c(C(=O)N(C)C)c2)c2ccccc2C(=O)N1C. The molecule has 52 heavy (non-hydrogen) atoms. The number of rotatable bonds is 10. The lowest BCUT2D eigenvalue weighted by Crippen LogP contribution is -2.52. The van der Waals surface area contributed by atoms with Gasteiger partial charge in [0.1, 0.15) is 6.61 Å². The van der Waals surface area contributed by atoms with Gasteiger partial charge in [0, 0.05) is 37.8 Å². The maximum Gasteiger partial charge on any atom is 0.340 e. The second kappa shape index (κ2) is 14.8. The van der Waals surface area contributed by atoms with Crippen molar-refractivity contribution in [3.8, 4) is 11.1 Å². The van der Waals surface area contributed by atoms with E-state index in [1.54, 1.807) is 69.6 Å². The van der Waals surface area contributed by atoms with Crippen molar-refractivity contribution in [2.75, 3.05) is 39.7 Å². The number of carbonyl (C=O) groups is 5. The smallest absolute Gasteiger partial charge is 0.340 e. The molecule has 5 rings (SSSR count). The number of fused-ring (bicyclic) bond motifs is 1. The van der Waals surface area contributed by atoms with Crippen LogP contribution in [0.25, 0.3) is 11.1 Å². The number of esters is 2. The lowest BCUT2D eigenvalue weighted by molar-refractivity contribution is -0.163. The second-order valence-corrected chi connectivity index (χ2v) is 14.2. The van der Waals surface area contributed by atoms with Crippen molar-refractivity contribution < 1.29 is 33.4 Å². The van der Waals surface area contributed by atoms with Gasteiger partial charge in [-0.25, -0.2) is 4.79 Å². The van der Waals surface area contributed by atoms with Crippen molar-refractivity contribution in [2.45, 2.75) is 52.0 Å². The van der Waals surface area contributed by atoms with Crippen LogP contribution in [0.5, 0.6) is 0 Å². The molecule has 0 saturated carbocycles. The van der Waals surface area contributed by atoms with E-state index in [0.717, 1.165) is 16.7 Å². The molecule has 10 nitrogen and oxygen atoms in total. The van der Waals surface area contributed by atoms with Gasteiger partial charge in [-0.05, 0) is 65.8 Å². The average Bonchev–Trinajstić information content (AvgIpc) is 3.33. The molecule has 10 heteroatoms. The summed E-state index contributed by atoms with van der Waals surface area (Å²) in [6, 6.07) is 25.2. The molecule has 1 unspecified atom stereocenters. The Balaban J connectivity index is 1.39. The molecule has 0 saturated heterocycles. The summed E-state index contributed by atoms with van der Waals surface area (Å²) < 4.78 is 11.0. The Morgan fingerprint density at radius 3 is 2.19 bits per heavy atom. The Kier molecular flexibility index (Phi) is 10.7. The van der Waals surface area contributed by atoms with Crippen molar-refractivity contribution >= 4 is 35.3 Å². The first kappa shape index (κ1) is 37.5. The van der Waals surface area contributed by atoms with E-state index in [1.165, 1.54) is 22.4 Å². The molecule has 3 amide bonds.